The van der Waals surface area contributed by atoms with Crippen LogP contribution in [0.25, 0.3) is 11.1 Å². The van der Waals surface area contributed by atoms with E-state index in [1.165, 1.54) is 4.90 Å². The zero-order chi connectivity index (χ0) is 23.8. The summed E-state index contributed by atoms with van der Waals surface area (Å²) in [5, 5.41) is 12.4. The molecule has 0 saturated carbocycles. The number of benzene rings is 2. The second-order valence-electron chi connectivity index (χ2n) is 9.36. The number of amides is 2. The summed E-state index contributed by atoms with van der Waals surface area (Å²) >= 11 is 0. The molecule has 1 heterocycles. The number of rotatable bonds is 6. The number of carboxylic acid groups (broad SMARTS) is 1. The molecule has 0 spiro atoms. The quantitative estimate of drug-likeness (QED) is 0.693. The highest BCUT2D eigenvalue weighted by atomic mass is 16.5. The fourth-order valence-corrected chi connectivity index (χ4v) is 4.99. The number of carbonyl (C=O) groups is 3. The molecule has 7 heteroatoms. The largest absolute Gasteiger partial charge is 0.480 e. The third-order valence-electron chi connectivity index (χ3n) is 6.92. The molecular formula is C26H30N2O5. The van der Waals surface area contributed by atoms with E-state index in [4.69, 9.17) is 4.74 Å². The highest BCUT2D eigenvalue weighted by Gasteiger charge is 2.48. The van der Waals surface area contributed by atoms with Gasteiger partial charge < -0.3 is 20.1 Å². The molecule has 33 heavy (non-hydrogen) atoms. The van der Waals surface area contributed by atoms with Crippen LogP contribution in [-0.4, -0.2) is 52.7 Å². The van der Waals surface area contributed by atoms with Crippen LogP contribution in [0.15, 0.2) is 48.5 Å². The van der Waals surface area contributed by atoms with Crippen molar-refractivity contribution in [1.82, 2.24) is 10.2 Å². The first kappa shape index (κ1) is 22.8. The van der Waals surface area contributed by atoms with Gasteiger partial charge in [-0.2, -0.15) is 0 Å². The van der Waals surface area contributed by atoms with Gasteiger partial charge in [0.25, 0.3) is 0 Å². The van der Waals surface area contributed by atoms with E-state index < -0.39 is 23.6 Å². The molecule has 174 valence electrons. The second-order valence-corrected chi connectivity index (χ2v) is 9.36. The molecule has 2 aromatic carbocycles. The minimum Gasteiger partial charge on any atom is -0.480 e. The van der Waals surface area contributed by atoms with Crippen molar-refractivity contribution in [1.29, 1.82) is 0 Å². The summed E-state index contributed by atoms with van der Waals surface area (Å²) in [7, 11) is 0. The van der Waals surface area contributed by atoms with Gasteiger partial charge in [-0.3, -0.25) is 4.79 Å². The Morgan fingerprint density at radius 2 is 1.67 bits per heavy atom. The number of carboxylic acids is 1. The highest BCUT2D eigenvalue weighted by Crippen LogP contribution is 2.44. The molecule has 0 aromatic heterocycles. The van der Waals surface area contributed by atoms with Gasteiger partial charge in [0.1, 0.15) is 18.2 Å². The van der Waals surface area contributed by atoms with Gasteiger partial charge in [-0.15, -0.1) is 0 Å². The molecule has 1 unspecified atom stereocenters. The van der Waals surface area contributed by atoms with Gasteiger partial charge in [-0.05, 0) is 47.9 Å². The van der Waals surface area contributed by atoms with Crippen LogP contribution >= 0.6 is 0 Å². The van der Waals surface area contributed by atoms with Crippen LogP contribution in [0.3, 0.4) is 0 Å². The Morgan fingerprint density at radius 3 is 2.21 bits per heavy atom. The number of hydrogen-bond donors (Lipinski definition) is 2. The van der Waals surface area contributed by atoms with Gasteiger partial charge in [0.2, 0.25) is 5.91 Å². The Bertz CT molecular complexity index is 1040. The molecule has 1 aliphatic carbocycles. The predicted molar refractivity (Wildman–Crippen MR) is 124 cm³/mol. The van der Waals surface area contributed by atoms with Crippen LogP contribution in [-0.2, 0) is 14.3 Å². The molecule has 1 saturated heterocycles. The number of nitrogens with one attached hydrogen (secondary N) is 1. The summed E-state index contributed by atoms with van der Waals surface area (Å²) in [4.78, 5) is 39.1. The molecule has 2 N–H and O–H groups in total. The molecule has 2 atom stereocenters. The van der Waals surface area contributed by atoms with Crippen molar-refractivity contribution in [3.05, 3.63) is 59.7 Å². The van der Waals surface area contributed by atoms with Crippen LogP contribution in [0.2, 0.25) is 0 Å². The summed E-state index contributed by atoms with van der Waals surface area (Å²) in [5.74, 6) is -1.72. The number of fused-ring (bicyclic) bond motifs is 3. The SMILES string of the molecule is CC(C)[C@H](NC(=O)OCC1c2ccccc2-c2ccccc21)C(=O)N1CCCC1(C)C(=O)O. The second kappa shape index (κ2) is 8.89. The Morgan fingerprint density at radius 1 is 1.09 bits per heavy atom. The lowest BCUT2D eigenvalue weighted by atomic mass is 9.96. The molecule has 0 radical (unpaired) electrons. The number of hydrogen-bond acceptors (Lipinski definition) is 4. The first-order chi connectivity index (χ1) is 15.7. The first-order valence-electron chi connectivity index (χ1n) is 11.4. The van der Waals surface area contributed by atoms with E-state index in [9.17, 15) is 19.5 Å². The maximum absolute atomic E-state index is 13.2. The predicted octanol–water partition coefficient (Wildman–Crippen LogP) is 4.02. The van der Waals surface area contributed by atoms with Gasteiger partial charge >= 0.3 is 12.1 Å². The molecule has 1 aliphatic heterocycles. The molecule has 4 rings (SSSR count). The van der Waals surface area contributed by atoms with Crippen molar-refractivity contribution in [3.63, 3.8) is 0 Å². The van der Waals surface area contributed by atoms with Crippen molar-refractivity contribution in [3.8, 4) is 11.1 Å². The molecule has 0 bridgehead atoms. The summed E-state index contributed by atoms with van der Waals surface area (Å²) < 4.78 is 5.60. The normalized spacial score (nSPS) is 20.3. The Labute approximate surface area is 193 Å². The van der Waals surface area contributed by atoms with Gasteiger partial charge in [0.15, 0.2) is 0 Å². The zero-order valence-electron chi connectivity index (χ0n) is 19.2. The fourth-order valence-electron chi connectivity index (χ4n) is 4.99. The Balaban J connectivity index is 1.46. The van der Waals surface area contributed by atoms with Gasteiger partial charge in [0, 0.05) is 12.5 Å². The average molecular weight is 451 g/mol. The van der Waals surface area contributed by atoms with Crippen LogP contribution in [0.5, 0.6) is 0 Å². The molecule has 7 nitrogen and oxygen atoms in total. The minimum atomic E-state index is -1.26. The lowest BCUT2D eigenvalue weighted by molar-refractivity contribution is -0.156. The number of ether oxygens (including phenoxy) is 1. The molecule has 1 fully saturated rings. The van der Waals surface area contributed by atoms with E-state index >= 15 is 0 Å². The zero-order valence-corrected chi connectivity index (χ0v) is 19.2. The van der Waals surface area contributed by atoms with Crippen molar-refractivity contribution < 1.29 is 24.2 Å². The third-order valence-corrected chi connectivity index (χ3v) is 6.92. The number of nitrogens with zero attached hydrogens (tertiary/aromatic N) is 1. The maximum Gasteiger partial charge on any atom is 0.407 e. The van der Waals surface area contributed by atoms with E-state index in [-0.39, 0.29) is 24.3 Å². The standard InChI is InChI=1S/C26H30N2O5/c1-16(2)22(23(29)28-14-8-13-26(28,3)24(30)31)27-25(32)33-15-21-19-11-6-4-9-17(19)18-10-5-7-12-20(18)21/h4-7,9-12,16,21-22H,8,13-15H2,1-3H3,(H,27,32)(H,30,31)/t22-,26?/m0/s1. The molecular weight excluding hydrogens is 420 g/mol. The minimum absolute atomic E-state index is 0.0785. The van der Waals surface area contributed by atoms with E-state index in [1.54, 1.807) is 6.92 Å². The van der Waals surface area contributed by atoms with Crippen molar-refractivity contribution >= 4 is 18.0 Å². The van der Waals surface area contributed by atoms with Crippen molar-refractivity contribution in [2.45, 2.75) is 51.1 Å². The first-order valence-corrected chi connectivity index (χ1v) is 11.4. The Kier molecular flexibility index (Phi) is 6.15. The maximum atomic E-state index is 13.2. The monoisotopic (exact) mass is 450 g/mol. The average Bonchev–Trinajstić information content (AvgIpc) is 3.34. The number of aliphatic carboxylic acids is 1. The highest BCUT2D eigenvalue weighted by molar-refractivity contribution is 5.92. The van der Waals surface area contributed by atoms with Crippen molar-refractivity contribution in [2.24, 2.45) is 5.92 Å². The lowest BCUT2D eigenvalue weighted by Gasteiger charge is -2.35. The van der Waals surface area contributed by atoms with E-state index in [0.29, 0.717) is 19.4 Å². The lowest BCUT2D eigenvalue weighted by Crippen LogP contribution is -2.58. The fraction of sp³-hybridized carbons (Fsp3) is 0.423. The van der Waals surface area contributed by atoms with E-state index in [2.05, 4.69) is 17.4 Å². The smallest absolute Gasteiger partial charge is 0.407 e. The summed E-state index contributed by atoms with van der Waals surface area (Å²) in [6.07, 6.45) is 0.328. The van der Waals surface area contributed by atoms with Crippen LogP contribution in [0.1, 0.15) is 50.7 Å². The topological polar surface area (TPSA) is 95.9 Å². The van der Waals surface area contributed by atoms with Gasteiger partial charge in [0.05, 0.1) is 0 Å². The van der Waals surface area contributed by atoms with E-state index in [0.717, 1.165) is 22.3 Å². The van der Waals surface area contributed by atoms with Gasteiger partial charge in [-0.1, -0.05) is 62.4 Å². The summed E-state index contributed by atoms with van der Waals surface area (Å²) in [5.41, 5.74) is 3.24. The van der Waals surface area contributed by atoms with Crippen LogP contribution < -0.4 is 5.32 Å². The van der Waals surface area contributed by atoms with E-state index in [1.807, 2.05) is 50.2 Å². The third kappa shape index (κ3) is 4.08. The molecule has 2 aromatic rings. The van der Waals surface area contributed by atoms with Gasteiger partial charge in [-0.25, -0.2) is 9.59 Å². The summed E-state index contributed by atoms with van der Waals surface area (Å²) in [6.45, 7) is 5.71. The number of likely N-dealkylation sites (tertiary alicyclic amines) is 1. The molecule has 2 aliphatic rings. The van der Waals surface area contributed by atoms with Crippen molar-refractivity contribution in [2.75, 3.05) is 13.2 Å². The Hall–Kier alpha value is -3.35. The number of carbonyl (C=O) groups excluding carboxylic acids is 2. The molecule has 2 amide bonds. The van der Waals surface area contributed by atoms with Crippen LogP contribution in [0.4, 0.5) is 4.79 Å². The number of alkyl carbamates (subject to hydrolysis) is 1. The summed E-state index contributed by atoms with van der Waals surface area (Å²) in [6, 6.07) is 15.3. The van der Waals surface area contributed by atoms with Crippen LogP contribution in [0, 0.1) is 5.92 Å².